The molecule has 5 nitrogen and oxygen atoms in total. The van der Waals surface area contributed by atoms with Crippen LogP contribution < -0.4 is 5.32 Å². The lowest BCUT2D eigenvalue weighted by atomic mass is 10.1. The third-order valence-corrected chi connectivity index (χ3v) is 3.57. The molecule has 1 aromatic rings. The molecule has 0 aliphatic carbocycles. The van der Waals surface area contributed by atoms with Crippen molar-refractivity contribution in [3.63, 3.8) is 0 Å². The van der Waals surface area contributed by atoms with Gasteiger partial charge in [-0.15, -0.1) is 0 Å². The summed E-state index contributed by atoms with van der Waals surface area (Å²) in [6.45, 7) is 2.03. The van der Waals surface area contributed by atoms with Gasteiger partial charge in [0.1, 0.15) is 0 Å². The maximum atomic E-state index is 11.9. The number of carbonyl (C=O) groups excluding carboxylic acids is 1. The lowest BCUT2D eigenvalue weighted by Gasteiger charge is -2.13. The number of nitrogens with one attached hydrogen (secondary N) is 1. The number of ether oxygens (including phenoxy) is 1. The molecule has 1 aromatic carbocycles. The molecule has 20 heavy (non-hydrogen) atoms. The Kier molecular flexibility index (Phi) is 7.11. The molecule has 0 radical (unpaired) electrons. The Morgan fingerprint density at radius 1 is 1.35 bits per heavy atom. The van der Waals surface area contributed by atoms with Crippen LogP contribution in [0.4, 0.5) is 0 Å². The van der Waals surface area contributed by atoms with Gasteiger partial charge >= 0.3 is 5.97 Å². The van der Waals surface area contributed by atoms with Gasteiger partial charge in [-0.25, -0.2) is 4.79 Å². The summed E-state index contributed by atoms with van der Waals surface area (Å²) in [6, 6.07) is 6.12. The minimum absolute atomic E-state index is 0.0632. The molecule has 0 fully saturated rings. The van der Waals surface area contributed by atoms with Crippen LogP contribution in [0.15, 0.2) is 24.3 Å². The van der Waals surface area contributed by atoms with E-state index in [2.05, 4.69) is 12.2 Å². The molecule has 6 heteroatoms. The number of hydrogen-bond donors (Lipinski definition) is 2. The number of hydrogen-bond acceptors (Lipinski definition) is 4. The van der Waals surface area contributed by atoms with Crippen molar-refractivity contribution in [2.45, 2.75) is 18.7 Å². The minimum Gasteiger partial charge on any atom is -0.480 e. The van der Waals surface area contributed by atoms with E-state index in [9.17, 15) is 9.59 Å². The molecular formula is C14H19NO4S. The van der Waals surface area contributed by atoms with Gasteiger partial charge in [0.2, 0.25) is 0 Å². The van der Waals surface area contributed by atoms with E-state index in [0.29, 0.717) is 5.56 Å². The predicted molar refractivity (Wildman–Crippen MR) is 79.0 cm³/mol. The summed E-state index contributed by atoms with van der Waals surface area (Å²) >= 11 is 1.80. The number of carboxylic acids is 1. The number of carbonyl (C=O) groups is 2. The third-order valence-electron chi connectivity index (χ3n) is 2.63. The van der Waals surface area contributed by atoms with Crippen LogP contribution >= 0.6 is 11.8 Å². The fraction of sp³-hybridized carbons (Fsp3) is 0.429. The highest BCUT2D eigenvalue weighted by Gasteiger charge is 2.20. The number of benzene rings is 1. The van der Waals surface area contributed by atoms with Crippen molar-refractivity contribution in [3.05, 3.63) is 35.4 Å². The van der Waals surface area contributed by atoms with Gasteiger partial charge in [0.25, 0.3) is 5.91 Å². The van der Waals surface area contributed by atoms with Crippen LogP contribution in [0, 0.1) is 0 Å². The molecule has 0 heterocycles. The average Bonchev–Trinajstić information content (AvgIpc) is 2.45. The van der Waals surface area contributed by atoms with Crippen LogP contribution in [0.2, 0.25) is 0 Å². The van der Waals surface area contributed by atoms with E-state index in [1.165, 1.54) is 7.11 Å². The highest BCUT2D eigenvalue weighted by molar-refractivity contribution is 7.98. The summed E-state index contributed by atoms with van der Waals surface area (Å²) in [6.07, 6.45) is 0. The number of thioether (sulfide) groups is 1. The number of amides is 1. The highest BCUT2D eigenvalue weighted by atomic mass is 32.2. The average molecular weight is 297 g/mol. The van der Waals surface area contributed by atoms with Crippen LogP contribution in [-0.4, -0.2) is 42.5 Å². The molecule has 0 saturated heterocycles. The fourth-order valence-electron chi connectivity index (χ4n) is 1.56. The molecule has 0 aromatic heterocycles. The second kappa shape index (κ2) is 8.60. The van der Waals surface area contributed by atoms with Gasteiger partial charge in [-0.05, 0) is 23.4 Å². The zero-order chi connectivity index (χ0) is 15.0. The van der Waals surface area contributed by atoms with E-state index >= 15 is 0 Å². The predicted octanol–water partition coefficient (Wildman–Crippen LogP) is 1.77. The largest absolute Gasteiger partial charge is 0.480 e. The van der Waals surface area contributed by atoms with Crippen molar-refractivity contribution >= 4 is 23.6 Å². The van der Waals surface area contributed by atoms with Crippen molar-refractivity contribution in [2.24, 2.45) is 0 Å². The lowest BCUT2D eigenvalue weighted by Crippen LogP contribution is -2.43. The molecule has 0 bridgehead atoms. The van der Waals surface area contributed by atoms with E-state index in [-0.39, 0.29) is 6.61 Å². The quantitative estimate of drug-likeness (QED) is 0.765. The van der Waals surface area contributed by atoms with Gasteiger partial charge < -0.3 is 15.2 Å². The number of rotatable bonds is 8. The fourth-order valence-corrected chi connectivity index (χ4v) is 2.19. The Hall–Kier alpha value is -1.53. The molecule has 2 N–H and O–H groups in total. The Morgan fingerprint density at radius 3 is 2.50 bits per heavy atom. The minimum atomic E-state index is -1.11. The Labute approximate surface area is 122 Å². The Balaban J connectivity index is 2.64. The molecule has 0 saturated carbocycles. The highest BCUT2D eigenvalue weighted by Crippen LogP contribution is 2.12. The molecule has 1 rings (SSSR count). The lowest BCUT2D eigenvalue weighted by molar-refractivity contribution is -0.140. The van der Waals surface area contributed by atoms with Crippen LogP contribution in [-0.2, 0) is 15.3 Å². The van der Waals surface area contributed by atoms with Crippen LogP contribution in [0.25, 0.3) is 0 Å². The molecule has 0 aliphatic rings. The van der Waals surface area contributed by atoms with E-state index in [4.69, 9.17) is 9.84 Å². The molecule has 1 amide bonds. The summed E-state index contributed by atoms with van der Waals surface area (Å²) < 4.78 is 4.77. The van der Waals surface area contributed by atoms with E-state index in [1.807, 2.05) is 12.1 Å². The van der Waals surface area contributed by atoms with Crippen molar-refractivity contribution in [3.8, 4) is 0 Å². The Morgan fingerprint density at radius 2 is 2.00 bits per heavy atom. The number of aliphatic carboxylic acids is 1. The molecular weight excluding hydrogens is 278 g/mol. The zero-order valence-corrected chi connectivity index (χ0v) is 12.4. The molecule has 1 unspecified atom stereocenters. The maximum Gasteiger partial charge on any atom is 0.328 e. The van der Waals surface area contributed by atoms with Crippen molar-refractivity contribution in [1.82, 2.24) is 5.32 Å². The first kappa shape index (κ1) is 16.5. The van der Waals surface area contributed by atoms with Crippen molar-refractivity contribution in [2.75, 3.05) is 19.5 Å². The van der Waals surface area contributed by atoms with Gasteiger partial charge in [-0.2, -0.15) is 11.8 Å². The smallest absolute Gasteiger partial charge is 0.328 e. The summed E-state index contributed by atoms with van der Waals surface area (Å²) in [5.41, 5.74) is 1.58. The third kappa shape index (κ3) is 5.22. The van der Waals surface area contributed by atoms with Gasteiger partial charge in [-0.3, -0.25) is 4.79 Å². The monoisotopic (exact) mass is 297 g/mol. The van der Waals surface area contributed by atoms with Gasteiger partial charge in [0.15, 0.2) is 6.04 Å². The number of methoxy groups -OCH3 is 1. The van der Waals surface area contributed by atoms with Crippen molar-refractivity contribution in [1.29, 1.82) is 0 Å². The van der Waals surface area contributed by atoms with E-state index < -0.39 is 17.9 Å². The number of carboxylic acid groups (broad SMARTS) is 1. The second-order valence-corrected chi connectivity index (χ2v) is 5.43. The van der Waals surface area contributed by atoms with Gasteiger partial charge in [0.05, 0.1) is 6.61 Å². The summed E-state index contributed by atoms with van der Waals surface area (Å²) in [5.74, 6) is 0.416. The summed E-state index contributed by atoms with van der Waals surface area (Å²) in [5, 5.41) is 11.4. The Bertz CT molecular complexity index is 447. The first-order chi connectivity index (χ1) is 9.58. The maximum absolute atomic E-state index is 11.9. The first-order valence-electron chi connectivity index (χ1n) is 6.27. The van der Waals surface area contributed by atoms with Crippen LogP contribution in [0.1, 0.15) is 22.8 Å². The summed E-state index contributed by atoms with van der Waals surface area (Å²) in [7, 11) is 1.39. The van der Waals surface area contributed by atoms with Gasteiger partial charge in [-0.1, -0.05) is 19.1 Å². The second-order valence-electron chi connectivity index (χ2n) is 4.15. The molecule has 110 valence electrons. The molecule has 1 atom stereocenters. The molecule has 0 aliphatic heterocycles. The molecule has 0 spiro atoms. The topological polar surface area (TPSA) is 75.6 Å². The normalized spacial score (nSPS) is 11.9. The van der Waals surface area contributed by atoms with Crippen LogP contribution in [0.5, 0.6) is 0 Å². The van der Waals surface area contributed by atoms with E-state index in [1.54, 1.807) is 23.9 Å². The first-order valence-corrected chi connectivity index (χ1v) is 7.43. The van der Waals surface area contributed by atoms with Crippen molar-refractivity contribution < 1.29 is 19.4 Å². The standard InChI is InChI=1S/C14H19NO4S/c1-3-20-9-10-4-6-11(7-5-10)13(16)15-12(8-19-2)14(17)18/h4-7,12H,3,8-9H2,1-2H3,(H,15,16)(H,17,18). The van der Waals surface area contributed by atoms with Crippen LogP contribution in [0.3, 0.4) is 0 Å². The summed E-state index contributed by atoms with van der Waals surface area (Å²) in [4.78, 5) is 22.9. The van der Waals surface area contributed by atoms with E-state index in [0.717, 1.165) is 17.1 Å². The van der Waals surface area contributed by atoms with Gasteiger partial charge in [0, 0.05) is 18.4 Å². The zero-order valence-electron chi connectivity index (χ0n) is 11.6. The SMILES string of the molecule is CCSCc1ccc(C(=O)NC(COC)C(=O)O)cc1.